The van der Waals surface area contributed by atoms with Gasteiger partial charge in [-0.25, -0.2) is 14.5 Å². The van der Waals surface area contributed by atoms with Crippen LogP contribution in [0.5, 0.6) is 0 Å². The number of anilines is 1. The fourth-order valence-electron chi connectivity index (χ4n) is 4.72. The minimum absolute atomic E-state index is 0.0345. The number of fused-ring (bicyclic) bond motifs is 2. The van der Waals surface area contributed by atoms with Crippen molar-refractivity contribution >= 4 is 28.3 Å². The number of carbonyl (C=O) groups is 1. The SMILES string of the molecule is CC(NC(=O)c1c(N)nn2cccnc12)c1nc2cccc(C#Cc3cnn(CCO)c3)c2c(=O)n1-c1ccccc1. The first-order valence-electron chi connectivity index (χ1n) is 13.1. The normalized spacial score (nSPS) is 11.8. The second kappa shape index (κ2) is 11.0. The van der Waals surface area contributed by atoms with Crippen LogP contribution >= 0.6 is 0 Å². The molecule has 1 amide bonds. The first-order valence-corrected chi connectivity index (χ1v) is 13.1. The number of carbonyl (C=O) groups excluding carboxylic acids is 1. The lowest BCUT2D eigenvalue weighted by atomic mass is 10.1. The van der Waals surface area contributed by atoms with Crippen LogP contribution in [0.3, 0.4) is 0 Å². The molecule has 4 N–H and O–H groups in total. The van der Waals surface area contributed by atoms with Crippen molar-refractivity contribution in [1.82, 2.24) is 39.2 Å². The van der Waals surface area contributed by atoms with E-state index in [0.29, 0.717) is 45.7 Å². The molecule has 0 bridgehead atoms. The topological polar surface area (TPSA) is 158 Å². The average Bonchev–Trinajstić information content (AvgIpc) is 3.59. The van der Waals surface area contributed by atoms with Gasteiger partial charge in [-0.2, -0.15) is 5.10 Å². The molecule has 0 fully saturated rings. The lowest BCUT2D eigenvalue weighted by molar-refractivity contribution is 0.0940. The molecule has 1 unspecified atom stereocenters. The Bertz CT molecular complexity index is 2070. The molecule has 6 aromatic rings. The Balaban J connectivity index is 1.45. The van der Waals surface area contributed by atoms with Gasteiger partial charge in [-0.1, -0.05) is 36.1 Å². The van der Waals surface area contributed by atoms with Gasteiger partial charge in [0.15, 0.2) is 11.5 Å². The number of aliphatic hydroxyl groups excluding tert-OH is 1. The van der Waals surface area contributed by atoms with Gasteiger partial charge in [0.1, 0.15) is 11.4 Å². The molecule has 12 heteroatoms. The molecule has 0 radical (unpaired) electrons. The fourth-order valence-corrected chi connectivity index (χ4v) is 4.72. The number of nitrogen functional groups attached to an aromatic ring is 1. The molecular formula is C30H25N9O3. The standard InChI is InChI=1S/C30H25N9O3/c1-19(34-29(41)25-26(31)36-38-14-6-13-32-28(25)38)27-35-23-10-5-7-21(12-11-20-17-33-37(18-20)15-16-40)24(23)30(42)39(27)22-8-3-2-4-9-22/h2-10,13-14,17-19,40H,15-16H2,1H3,(H2,31,36)(H,34,41). The van der Waals surface area contributed by atoms with E-state index in [-0.39, 0.29) is 23.5 Å². The number of nitrogens with two attached hydrogens (primary N) is 1. The van der Waals surface area contributed by atoms with E-state index in [2.05, 4.69) is 32.3 Å². The Labute approximate surface area is 239 Å². The summed E-state index contributed by atoms with van der Waals surface area (Å²) < 4.78 is 4.51. The number of hydrogen-bond donors (Lipinski definition) is 3. The van der Waals surface area contributed by atoms with E-state index in [4.69, 9.17) is 15.8 Å². The van der Waals surface area contributed by atoms with Crippen LogP contribution in [0.4, 0.5) is 5.82 Å². The highest BCUT2D eigenvalue weighted by Crippen LogP contribution is 2.22. The second-order valence-electron chi connectivity index (χ2n) is 9.45. The summed E-state index contributed by atoms with van der Waals surface area (Å²) in [6, 6.07) is 15.3. The van der Waals surface area contributed by atoms with E-state index in [9.17, 15) is 9.59 Å². The number of nitrogens with one attached hydrogen (secondary N) is 1. The third-order valence-corrected chi connectivity index (χ3v) is 6.63. The zero-order valence-corrected chi connectivity index (χ0v) is 22.5. The third kappa shape index (κ3) is 4.85. The summed E-state index contributed by atoms with van der Waals surface area (Å²) in [6.45, 7) is 2.07. The Morgan fingerprint density at radius 3 is 2.76 bits per heavy atom. The molecule has 12 nitrogen and oxygen atoms in total. The molecule has 6 rings (SSSR count). The average molecular weight is 560 g/mol. The maximum Gasteiger partial charge on any atom is 0.267 e. The van der Waals surface area contributed by atoms with E-state index in [1.165, 1.54) is 9.08 Å². The zero-order chi connectivity index (χ0) is 29.2. The summed E-state index contributed by atoms with van der Waals surface area (Å²) in [5.74, 6) is 5.99. The molecule has 4 heterocycles. The third-order valence-electron chi connectivity index (χ3n) is 6.63. The van der Waals surface area contributed by atoms with Gasteiger partial charge in [0.05, 0.1) is 47.5 Å². The van der Waals surface area contributed by atoms with Crippen LogP contribution in [0.1, 0.15) is 40.3 Å². The number of aliphatic hydroxyl groups is 1. The number of para-hydroxylation sites is 1. The quantitative estimate of drug-likeness (QED) is 0.262. The van der Waals surface area contributed by atoms with Crippen LogP contribution in [0, 0.1) is 11.8 Å². The molecule has 0 saturated carbocycles. The van der Waals surface area contributed by atoms with Crippen molar-refractivity contribution in [3.8, 4) is 17.5 Å². The van der Waals surface area contributed by atoms with Crippen LogP contribution in [0.25, 0.3) is 22.2 Å². The summed E-state index contributed by atoms with van der Waals surface area (Å²) in [7, 11) is 0. The Hall–Kier alpha value is -5.80. The maximum absolute atomic E-state index is 14.2. The molecule has 208 valence electrons. The van der Waals surface area contributed by atoms with Crippen LogP contribution in [-0.4, -0.2) is 51.6 Å². The molecule has 0 aliphatic carbocycles. The number of amides is 1. The lowest BCUT2D eigenvalue weighted by Gasteiger charge is -2.20. The van der Waals surface area contributed by atoms with Crippen molar-refractivity contribution < 1.29 is 9.90 Å². The number of aromatic nitrogens is 7. The van der Waals surface area contributed by atoms with Crippen molar-refractivity contribution in [3.63, 3.8) is 0 Å². The van der Waals surface area contributed by atoms with E-state index in [0.717, 1.165) is 0 Å². The minimum Gasteiger partial charge on any atom is -0.394 e. The van der Waals surface area contributed by atoms with Crippen LogP contribution in [0.2, 0.25) is 0 Å². The Morgan fingerprint density at radius 2 is 1.95 bits per heavy atom. The molecule has 0 aliphatic rings. The molecule has 1 atom stereocenters. The van der Waals surface area contributed by atoms with Crippen molar-refractivity contribution in [2.24, 2.45) is 0 Å². The van der Waals surface area contributed by atoms with Gasteiger partial charge in [0.2, 0.25) is 0 Å². The Kier molecular flexibility index (Phi) is 6.92. The lowest BCUT2D eigenvalue weighted by Crippen LogP contribution is -2.33. The van der Waals surface area contributed by atoms with Crippen LogP contribution in [-0.2, 0) is 6.54 Å². The summed E-state index contributed by atoms with van der Waals surface area (Å²) >= 11 is 0. The number of nitrogens with zero attached hydrogens (tertiary/aromatic N) is 7. The van der Waals surface area contributed by atoms with Gasteiger partial charge in [-0.3, -0.25) is 18.8 Å². The predicted octanol–water partition coefficient (Wildman–Crippen LogP) is 2.09. The van der Waals surface area contributed by atoms with Crippen molar-refractivity contribution in [2.45, 2.75) is 19.5 Å². The monoisotopic (exact) mass is 559 g/mol. The second-order valence-corrected chi connectivity index (χ2v) is 9.45. The van der Waals surface area contributed by atoms with Gasteiger partial charge < -0.3 is 16.2 Å². The highest BCUT2D eigenvalue weighted by atomic mass is 16.3. The molecular weight excluding hydrogens is 534 g/mol. The minimum atomic E-state index is -0.708. The smallest absolute Gasteiger partial charge is 0.267 e. The van der Waals surface area contributed by atoms with E-state index < -0.39 is 11.9 Å². The summed E-state index contributed by atoms with van der Waals surface area (Å²) in [6.07, 6.45) is 6.53. The molecule has 0 aliphatic heterocycles. The van der Waals surface area contributed by atoms with Gasteiger partial charge in [0, 0.05) is 24.2 Å². The van der Waals surface area contributed by atoms with Crippen molar-refractivity contribution in [1.29, 1.82) is 0 Å². The van der Waals surface area contributed by atoms with E-state index >= 15 is 0 Å². The highest BCUT2D eigenvalue weighted by molar-refractivity contribution is 6.04. The summed E-state index contributed by atoms with van der Waals surface area (Å²) in [4.78, 5) is 36.7. The van der Waals surface area contributed by atoms with Gasteiger partial charge in [-0.05, 0) is 37.3 Å². The number of hydrogen-bond acceptors (Lipinski definition) is 8. The Morgan fingerprint density at radius 1 is 1.12 bits per heavy atom. The highest BCUT2D eigenvalue weighted by Gasteiger charge is 2.24. The van der Waals surface area contributed by atoms with E-state index in [1.54, 1.807) is 72.8 Å². The van der Waals surface area contributed by atoms with E-state index in [1.807, 2.05) is 18.2 Å². The number of benzene rings is 2. The zero-order valence-electron chi connectivity index (χ0n) is 22.5. The van der Waals surface area contributed by atoms with Gasteiger partial charge in [0.25, 0.3) is 11.5 Å². The largest absolute Gasteiger partial charge is 0.394 e. The fraction of sp³-hybridized carbons (Fsp3) is 0.133. The van der Waals surface area contributed by atoms with Crippen molar-refractivity contribution in [3.05, 3.63) is 112 Å². The molecule has 0 spiro atoms. The first kappa shape index (κ1) is 26.4. The van der Waals surface area contributed by atoms with Gasteiger partial charge >= 0.3 is 0 Å². The van der Waals surface area contributed by atoms with Crippen molar-refractivity contribution in [2.75, 3.05) is 12.3 Å². The molecule has 4 aromatic heterocycles. The summed E-state index contributed by atoms with van der Waals surface area (Å²) in [5.41, 5.74) is 8.34. The molecule has 0 saturated heterocycles. The molecule has 2 aromatic carbocycles. The van der Waals surface area contributed by atoms with Gasteiger partial charge in [-0.15, -0.1) is 5.10 Å². The van der Waals surface area contributed by atoms with Crippen LogP contribution in [0.15, 0.2) is 84.2 Å². The van der Waals surface area contributed by atoms with Crippen LogP contribution < -0.4 is 16.6 Å². The maximum atomic E-state index is 14.2. The predicted molar refractivity (Wildman–Crippen MR) is 156 cm³/mol. The molecule has 42 heavy (non-hydrogen) atoms. The summed E-state index contributed by atoms with van der Waals surface area (Å²) in [5, 5.41) is 20.7. The number of rotatable bonds is 6. The first-order chi connectivity index (χ1) is 20.4.